The van der Waals surface area contributed by atoms with Crippen LogP contribution >= 0.6 is 11.8 Å². The minimum atomic E-state index is -0.257. The van der Waals surface area contributed by atoms with Crippen molar-refractivity contribution in [3.8, 4) is 5.75 Å². The topological polar surface area (TPSA) is 59.5 Å². The summed E-state index contributed by atoms with van der Waals surface area (Å²) in [7, 11) is 0. The molecule has 1 aliphatic heterocycles. The predicted octanol–water partition coefficient (Wildman–Crippen LogP) is 3.51. The Kier molecular flexibility index (Phi) is 5.73. The summed E-state index contributed by atoms with van der Waals surface area (Å²) in [5, 5.41) is 0. The van der Waals surface area contributed by atoms with Crippen LogP contribution in [0.1, 0.15) is 25.0 Å². The van der Waals surface area contributed by atoms with Gasteiger partial charge in [-0.25, -0.2) is 0 Å². The van der Waals surface area contributed by atoms with E-state index in [-0.39, 0.29) is 18.4 Å². The van der Waals surface area contributed by atoms with Crippen LogP contribution in [0.25, 0.3) is 5.57 Å². The lowest BCUT2D eigenvalue weighted by molar-refractivity contribution is -0.137. The van der Waals surface area contributed by atoms with Crippen molar-refractivity contribution in [3.63, 3.8) is 0 Å². The number of imide groups is 1. The summed E-state index contributed by atoms with van der Waals surface area (Å²) in [4.78, 5) is 31.6. The average Bonchev–Trinajstić information content (AvgIpc) is 2.89. The van der Waals surface area contributed by atoms with Gasteiger partial charge in [-0.1, -0.05) is 19.1 Å². The van der Waals surface area contributed by atoms with Crippen LogP contribution in [-0.2, 0) is 16.1 Å². The average molecular weight is 368 g/mol. The van der Waals surface area contributed by atoms with E-state index in [4.69, 9.17) is 4.74 Å². The van der Waals surface area contributed by atoms with Crippen molar-refractivity contribution in [1.82, 2.24) is 9.88 Å². The molecule has 0 saturated heterocycles. The van der Waals surface area contributed by atoms with Gasteiger partial charge in [-0.15, -0.1) is 11.8 Å². The molecular formula is C20H20N2O3S. The summed E-state index contributed by atoms with van der Waals surface area (Å²) in [6.45, 7) is 4.71. The molecule has 0 unspecified atom stereocenters. The zero-order valence-corrected chi connectivity index (χ0v) is 15.6. The molecule has 2 heterocycles. The Hall–Kier alpha value is -2.60. The Morgan fingerprint density at radius 3 is 2.31 bits per heavy atom. The highest BCUT2D eigenvalue weighted by atomic mass is 32.2. The fourth-order valence-electron chi connectivity index (χ4n) is 2.79. The number of carbonyl (C=O) groups excluding carboxylic acids is 2. The van der Waals surface area contributed by atoms with Crippen molar-refractivity contribution in [3.05, 3.63) is 64.8 Å². The lowest BCUT2D eigenvalue weighted by atomic mass is 10.1. The van der Waals surface area contributed by atoms with Crippen LogP contribution in [-0.4, -0.2) is 34.1 Å². The van der Waals surface area contributed by atoms with Gasteiger partial charge in [0.1, 0.15) is 5.75 Å². The molecule has 1 aromatic carbocycles. The van der Waals surface area contributed by atoms with E-state index in [1.165, 1.54) is 16.7 Å². The molecule has 0 saturated carbocycles. The fraction of sp³-hybridized carbons (Fsp3) is 0.250. The molecule has 3 rings (SSSR count). The Balaban J connectivity index is 1.92. The first-order chi connectivity index (χ1) is 12.7. The number of nitrogens with zero attached hydrogens (tertiary/aromatic N) is 2. The molecule has 0 spiro atoms. The SMILES string of the molecule is CCOc1ccc(C2=C(SCC)C(=O)N(Cc3ccncc3)C2=O)cc1. The van der Waals surface area contributed by atoms with E-state index in [9.17, 15) is 9.59 Å². The summed E-state index contributed by atoms with van der Waals surface area (Å²) in [6.07, 6.45) is 3.31. The fourth-order valence-corrected chi connectivity index (χ4v) is 3.66. The zero-order chi connectivity index (χ0) is 18.5. The first-order valence-corrected chi connectivity index (χ1v) is 9.49. The second-order valence-electron chi connectivity index (χ2n) is 5.65. The van der Waals surface area contributed by atoms with Crippen molar-refractivity contribution in [2.75, 3.05) is 12.4 Å². The molecule has 0 N–H and O–H groups in total. The highest BCUT2D eigenvalue weighted by molar-refractivity contribution is 8.04. The quantitative estimate of drug-likeness (QED) is 0.700. The molecule has 1 aromatic heterocycles. The minimum absolute atomic E-state index is 0.234. The largest absolute Gasteiger partial charge is 0.494 e. The van der Waals surface area contributed by atoms with Crippen LogP contribution in [0.5, 0.6) is 5.75 Å². The summed E-state index contributed by atoms with van der Waals surface area (Å²) in [5.41, 5.74) is 2.08. The van der Waals surface area contributed by atoms with Gasteiger partial charge in [0, 0.05) is 12.4 Å². The predicted molar refractivity (Wildman–Crippen MR) is 102 cm³/mol. The van der Waals surface area contributed by atoms with Gasteiger partial charge in [-0.2, -0.15) is 0 Å². The number of rotatable bonds is 7. The third-order valence-corrected chi connectivity index (χ3v) is 4.91. The molecule has 26 heavy (non-hydrogen) atoms. The maximum Gasteiger partial charge on any atom is 0.268 e. The van der Waals surface area contributed by atoms with Crippen molar-refractivity contribution >= 4 is 29.1 Å². The van der Waals surface area contributed by atoms with Gasteiger partial charge in [0.15, 0.2) is 0 Å². The van der Waals surface area contributed by atoms with Gasteiger partial charge in [0.05, 0.1) is 23.6 Å². The van der Waals surface area contributed by atoms with Crippen LogP contribution in [0, 0.1) is 0 Å². The van der Waals surface area contributed by atoms with Gasteiger partial charge in [0.2, 0.25) is 0 Å². The van der Waals surface area contributed by atoms with Gasteiger partial charge in [0.25, 0.3) is 11.8 Å². The normalized spacial score (nSPS) is 14.3. The van der Waals surface area contributed by atoms with Gasteiger partial charge in [-0.3, -0.25) is 19.5 Å². The molecule has 2 amide bonds. The molecule has 0 radical (unpaired) electrons. The molecule has 6 heteroatoms. The van der Waals surface area contributed by atoms with E-state index in [0.29, 0.717) is 17.1 Å². The summed E-state index contributed by atoms with van der Waals surface area (Å²) in [6, 6.07) is 10.9. The number of pyridine rings is 1. The first kappa shape index (κ1) is 18.2. The number of carbonyl (C=O) groups is 2. The number of ether oxygens (including phenoxy) is 1. The van der Waals surface area contributed by atoms with Crippen LogP contribution in [0.2, 0.25) is 0 Å². The Labute approximate surface area is 157 Å². The highest BCUT2D eigenvalue weighted by Gasteiger charge is 2.38. The number of amides is 2. The number of hydrogen-bond acceptors (Lipinski definition) is 5. The minimum Gasteiger partial charge on any atom is -0.494 e. The number of aromatic nitrogens is 1. The monoisotopic (exact) mass is 368 g/mol. The van der Waals surface area contributed by atoms with E-state index in [2.05, 4.69) is 4.98 Å². The Bertz CT molecular complexity index is 832. The van der Waals surface area contributed by atoms with Crippen molar-refractivity contribution < 1.29 is 14.3 Å². The van der Waals surface area contributed by atoms with Crippen molar-refractivity contribution in [1.29, 1.82) is 0 Å². The molecule has 5 nitrogen and oxygen atoms in total. The third-order valence-electron chi connectivity index (χ3n) is 3.96. The van der Waals surface area contributed by atoms with E-state index in [1.807, 2.05) is 50.2 Å². The van der Waals surface area contributed by atoms with E-state index < -0.39 is 0 Å². The molecule has 0 atom stereocenters. The number of thioether (sulfide) groups is 1. The summed E-state index contributed by atoms with van der Waals surface area (Å²) >= 11 is 1.41. The van der Waals surface area contributed by atoms with Gasteiger partial charge < -0.3 is 4.74 Å². The Morgan fingerprint density at radius 2 is 1.69 bits per heavy atom. The van der Waals surface area contributed by atoms with E-state index >= 15 is 0 Å². The maximum absolute atomic E-state index is 13.0. The summed E-state index contributed by atoms with van der Waals surface area (Å²) < 4.78 is 5.46. The van der Waals surface area contributed by atoms with Crippen molar-refractivity contribution in [2.45, 2.75) is 20.4 Å². The third kappa shape index (κ3) is 3.65. The van der Waals surface area contributed by atoms with Crippen molar-refractivity contribution in [2.24, 2.45) is 0 Å². The zero-order valence-electron chi connectivity index (χ0n) is 14.8. The number of hydrogen-bond donors (Lipinski definition) is 0. The second-order valence-corrected chi connectivity index (χ2v) is 6.92. The standard InChI is InChI=1S/C20H20N2O3S/c1-3-25-16-7-5-15(6-8-16)17-18(26-4-2)20(24)22(19(17)23)13-14-9-11-21-12-10-14/h5-12H,3-4,13H2,1-2H3. The molecule has 134 valence electrons. The molecule has 2 aromatic rings. The van der Waals surface area contributed by atoms with Crippen LogP contribution in [0.4, 0.5) is 0 Å². The summed E-state index contributed by atoms with van der Waals surface area (Å²) in [5.74, 6) is 0.972. The first-order valence-electron chi connectivity index (χ1n) is 8.51. The molecule has 1 aliphatic rings. The maximum atomic E-state index is 13.0. The second kappa shape index (κ2) is 8.19. The lowest BCUT2D eigenvalue weighted by Crippen LogP contribution is -2.30. The number of benzene rings is 1. The smallest absolute Gasteiger partial charge is 0.268 e. The molecule has 0 aliphatic carbocycles. The van der Waals surface area contributed by atoms with Crippen LogP contribution in [0.3, 0.4) is 0 Å². The van der Waals surface area contributed by atoms with Gasteiger partial charge in [-0.05, 0) is 48.1 Å². The van der Waals surface area contributed by atoms with Gasteiger partial charge >= 0.3 is 0 Å². The molecule has 0 bridgehead atoms. The molecular weight excluding hydrogens is 348 g/mol. The van der Waals surface area contributed by atoms with E-state index in [0.717, 1.165) is 22.6 Å². The Morgan fingerprint density at radius 1 is 1.00 bits per heavy atom. The van der Waals surface area contributed by atoms with Crippen LogP contribution < -0.4 is 4.74 Å². The lowest BCUT2D eigenvalue weighted by Gasteiger charge is -2.15. The van der Waals surface area contributed by atoms with Crippen LogP contribution in [0.15, 0.2) is 53.7 Å². The van der Waals surface area contributed by atoms with E-state index in [1.54, 1.807) is 12.4 Å². The molecule has 0 fully saturated rings. The highest BCUT2D eigenvalue weighted by Crippen LogP contribution is 2.37.